The number of benzene rings is 3. The van der Waals surface area contributed by atoms with Crippen molar-refractivity contribution in [1.82, 2.24) is 25.3 Å². The van der Waals surface area contributed by atoms with Crippen LogP contribution >= 0.6 is 0 Å². The van der Waals surface area contributed by atoms with Gasteiger partial charge in [0.05, 0.1) is 27.6 Å². The molecular formula is C51H50F5N7O18S. The number of aliphatic hydroxyl groups is 3. The predicted molar refractivity (Wildman–Crippen MR) is 264 cm³/mol. The zero-order valence-corrected chi connectivity index (χ0v) is 43.8. The molecule has 1 saturated heterocycles. The van der Waals surface area contributed by atoms with E-state index in [1.807, 2.05) is 0 Å². The number of nitrogens with one attached hydrogen (secondary N) is 4. The standard InChI is InChI=1S/C49H49F2N7O16S.C2HF3O2/c1-49(2,3)74-48(69)54-23-34(58-38(60)12-13-39(58)61)45(66)52-15-14-36(59)55-33-18-27(6-10-35(33)72-47-42(64)40(62)41(63)43(73-47)46(67)68)24-56-16-17-57-25-28(7-11-37(56)57)44(65)53-22-26-4-8-31(9-5-26)75(70,71)32-20-29(50)19-30(51)21-32;3-2(4,5)1(6)7/h4-13,16-21,25,34,40-43,47,62-64H,14-15,22-24H2,1-3H3,(H4-,52,53,54,55,59,65,66,67,68,69);(H,6,7)/t34-,40-,41-,42+,43-,47+;/m0./s1. The first-order valence-electron chi connectivity index (χ1n) is 24.0. The van der Waals surface area contributed by atoms with Crippen LogP contribution in [0.2, 0.25) is 0 Å². The average molecular weight is 1180 g/mol. The third-order valence-corrected chi connectivity index (χ3v) is 13.4. The fourth-order valence-corrected chi connectivity index (χ4v) is 9.05. The molecular weight excluding hydrogens is 1130 g/mol. The number of fused-ring (bicyclic) bond motifs is 1. The number of aliphatic carboxylic acids is 2. The van der Waals surface area contributed by atoms with Gasteiger partial charge >= 0.3 is 18.2 Å². The van der Waals surface area contributed by atoms with Crippen LogP contribution in [0.1, 0.15) is 48.7 Å². The third kappa shape index (κ3) is 15.9. The van der Waals surface area contributed by atoms with Crippen LogP contribution in [0, 0.1) is 11.6 Å². The molecule has 2 aliphatic heterocycles. The molecule has 6 amide bonds. The summed E-state index contributed by atoms with van der Waals surface area (Å²) in [6, 6.07) is 13.4. The van der Waals surface area contributed by atoms with Gasteiger partial charge in [0.1, 0.15) is 78.4 Å². The summed E-state index contributed by atoms with van der Waals surface area (Å²) in [6.45, 7) is 4.04. The second kappa shape index (κ2) is 25.7. The number of alkyl carbamates (subject to hydrolysis) is 1. The van der Waals surface area contributed by atoms with E-state index in [-0.39, 0.29) is 41.5 Å². The molecule has 0 saturated carbocycles. The van der Waals surface area contributed by atoms with Gasteiger partial charge in [-0.2, -0.15) is 13.2 Å². The number of carbonyl (C=O) groups excluding carboxylic acids is 7. The summed E-state index contributed by atoms with van der Waals surface area (Å²) in [5, 5.41) is 59.9. The number of alkyl halides is 3. The highest BCUT2D eigenvalue weighted by molar-refractivity contribution is 7.91. The summed E-state index contributed by atoms with van der Waals surface area (Å²) in [5.41, 5.74) is 0.911. The summed E-state index contributed by atoms with van der Waals surface area (Å²) in [6.07, 6.45) is -9.62. The van der Waals surface area contributed by atoms with E-state index in [9.17, 15) is 84.4 Å². The van der Waals surface area contributed by atoms with Gasteiger partial charge in [-0.15, -0.1) is 0 Å². The first-order chi connectivity index (χ1) is 38.3. The molecule has 2 aromatic heterocycles. The van der Waals surface area contributed by atoms with Gasteiger partial charge in [0.15, 0.2) is 6.10 Å². The van der Waals surface area contributed by atoms with E-state index in [4.69, 9.17) is 24.1 Å². The van der Waals surface area contributed by atoms with Crippen LogP contribution in [-0.4, -0.2) is 147 Å². The topological polar surface area (TPSA) is 362 Å². The third-order valence-electron chi connectivity index (χ3n) is 11.7. The summed E-state index contributed by atoms with van der Waals surface area (Å²) < 4.78 is 105. The second-order valence-corrected chi connectivity index (χ2v) is 20.8. The van der Waals surface area contributed by atoms with Gasteiger partial charge in [0.2, 0.25) is 27.9 Å². The molecule has 82 heavy (non-hydrogen) atoms. The Bertz CT molecular complexity index is 3390. The Kier molecular flexibility index (Phi) is 19.5. The van der Waals surface area contributed by atoms with Crippen LogP contribution in [-0.2, 0) is 61.2 Å². The molecule has 2 aliphatic rings. The summed E-state index contributed by atoms with van der Waals surface area (Å²) in [7, 11) is -4.23. The van der Waals surface area contributed by atoms with E-state index in [0.29, 0.717) is 39.9 Å². The van der Waals surface area contributed by atoms with E-state index in [1.54, 1.807) is 66.5 Å². The highest BCUT2D eigenvalue weighted by Crippen LogP contribution is 2.31. The number of anilines is 1. The zero-order chi connectivity index (χ0) is 60.6. The molecule has 0 spiro atoms. The molecule has 7 rings (SSSR count). The minimum absolute atomic E-state index is 0.00423. The number of hydrogen-bond donors (Lipinski definition) is 8. The molecule has 0 aliphatic carbocycles. The van der Waals surface area contributed by atoms with Crippen LogP contribution in [0.5, 0.6) is 5.75 Å². The number of pyridine rings is 1. The molecule has 0 bridgehead atoms. The quantitative estimate of drug-likeness (QED) is 0.0329. The van der Waals surface area contributed by atoms with Crippen molar-refractivity contribution in [3.05, 3.63) is 132 Å². The first-order valence-corrected chi connectivity index (χ1v) is 25.5. The Hall–Kier alpha value is -8.91. The summed E-state index contributed by atoms with van der Waals surface area (Å²) in [4.78, 5) is 98.0. The molecule has 6 atom stereocenters. The fourth-order valence-electron chi connectivity index (χ4n) is 7.75. The van der Waals surface area contributed by atoms with Crippen molar-refractivity contribution in [3.63, 3.8) is 0 Å². The number of nitrogens with zero attached hydrogens (tertiary/aromatic N) is 3. The molecule has 5 aromatic rings. The number of imide groups is 1. The minimum atomic E-state index is -5.19. The smallest absolute Gasteiger partial charge is 0.430 e. The van der Waals surface area contributed by atoms with Crippen LogP contribution in [0.3, 0.4) is 0 Å². The van der Waals surface area contributed by atoms with E-state index in [0.717, 1.165) is 12.2 Å². The Labute approximate surface area is 460 Å². The molecule has 25 nitrogen and oxygen atoms in total. The van der Waals surface area contributed by atoms with Gasteiger partial charge in [-0.05, 0) is 74.4 Å². The Morgan fingerprint density at radius 3 is 2.04 bits per heavy atom. The first kappa shape index (κ1) is 62.3. The number of halogens is 5. The Morgan fingerprint density at radius 1 is 0.817 bits per heavy atom. The molecule has 8 N–H and O–H groups in total. The second-order valence-electron chi connectivity index (χ2n) is 18.9. The van der Waals surface area contributed by atoms with E-state index >= 15 is 0 Å². The number of imidazole rings is 1. The van der Waals surface area contributed by atoms with Crippen LogP contribution in [0.4, 0.5) is 32.4 Å². The maximum absolute atomic E-state index is 13.7. The van der Waals surface area contributed by atoms with Gasteiger partial charge in [0, 0.05) is 43.8 Å². The molecule has 31 heteroatoms. The SMILES string of the molecule is CC(C)(C)OC(=O)NC[C@@H](C(=O)NCCC(=O)Nc1cc(C[n+]2ccn3cc(C(=O)NCc4ccc(S(=O)(=O)c5cc(F)cc(F)c5)cc4)ccc32)ccc1O[C@@H]1O[C@H](C(=O)O)[C@@H](O)[C@H](O)[C@H]1O)N1C(=O)C=CC1=O.O=C([O-])C(F)(F)F. The molecule has 4 heterocycles. The lowest BCUT2D eigenvalue weighted by molar-refractivity contribution is -0.661. The lowest BCUT2D eigenvalue weighted by Crippen LogP contribution is -2.61. The number of sulfone groups is 1. The zero-order valence-electron chi connectivity index (χ0n) is 43.0. The summed E-state index contributed by atoms with van der Waals surface area (Å²) >= 11 is 0. The van der Waals surface area contributed by atoms with Crippen LogP contribution in [0.25, 0.3) is 5.65 Å². The van der Waals surface area contributed by atoms with Crippen molar-refractivity contribution in [2.24, 2.45) is 0 Å². The Balaban J connectivity index is 0.00000145. The number of ether oxygens (including phenoxy) is 3. The van der Waals surface area contributed by atoms with Crippen molar-refractivity contribution in [2.75, 3.05) is 18.4 Å². The van der Waals surface area contributed by atoms with E-state index in [1.165, 1.54) is 36.4 Å². The normalized spacial score (nSPS) is 18.4. The predicted octanol–water partition coefficient (Wildman–Crippen LogP) is 0.149. The number of rotatable bonds is 18. The van der Waals surface area contributed by atoms with Gasteiger partial charge in [0.25, 0.3) is 23.4 Å². The number of aromatic nitrogens is 2. The maximum atomic E-state index is 13.7. The molecule has 0 unspecified atom stereocenters. The maximum Gasteiger partial charge on any atom is 0.430 e. The fraction of sp³-hybridized carbons (Fsp3) is 0.314. The van der Waals surface area contributed by atoms with Gasteiger partial charge in [-0.1, -0.05) is 18.2 Å². The Morgan fingerprint density at radius 2 is 1.44 bits per heavy atom. The van der Waals surface area contributed by atoms with Crippen molar-refractivity contribution in [1.29, 1.82) is 0 Å². The number of aliphatic hydroxyl groups excluding tert-OH is 3. The van der Waals surface area contributed by atoms with Crippen molar-refractivity contribution < 1.29 is 113 Å². The highest BCUT2D eigenvalue weighted by atomic mass is 32.2. The van der Waals surface area contributed by atoms with Gasteiger partial charge in [-0.3, -0.25) is 28.9 Å². The largest absolute Gasteiger partial charge is 0.542 e. The lowest BCUT2D eigenvalue weighted by Gasteiger charge is -2.38. The van der Waals surface area contributed by atoms with Crippen molar-refractivity contribution >= 4 is 68.7 Å². The number of carboxylic acid groups (broad SMARTS) is 2. The number of hydrogen-bond acceptors (Lipinski definition) is 17. The van der Waals surface area contributed by atoms with Crippen molar-refractivity contribution in [3.8, 4) is 5.75 Å². The molecule has 3 aromatic carbocycles. The van der Waals surface area contributed by atoms with Crippen LogP contribution in [0.15, 0.2) is 113 Å². The van der Waals surface area contributed by atoms with E-state index < -0.39 is 135 Å². The monoisotopic (exact) mass is 1180 g/mol. The van der Waals surface area contributed by atoms with Gasteiger partial charge < -0.3 is 65.8 Å². The lowest BCUT2D eigenvalue weighted by atomic mass is 9.99. The molecule has 1 fully saturated rings. The van der Waals surface area contributed by atoms with Gasteiger partial charge in [-0.25, -0.2) is 35.8 Å². The molecule has 0 radical (unpaired) electrons. The van der Waals surface area contributed by atoms with Crippen molar-refractivity contribution in [2.45, 2.75) is 98.6 Å². The number of carbonyl (C=O) groups is 8. The summed E-state index contributed by atoms with van der Waals surface area (Å²) in [5.74, 6) is -10.7. The minimum Gasteiger partial charge on any atom is -0.542 e. The average Bonchev–Trinajstić information content (AvgIpc) is 3.51. The van der Waals surface area contributed by atoms with Crippen LogP contribution < -0.4 is 35.7 Å². The number of amides is 6. The highest BCUT2D eigenvalue weighted by Gasteiger charge is 2.48. The van der Waals surface area contributed by atoms with E-state index in [2.05, 4.69) is 21.3 Å². The molecule has 438 valence electrons. The number of carboxylic acids is 2.